The summed E-state index contributed by atoms with van der Waals surface area (Å²) in [6, 6.07) is 0. The van der Waals surface area contributed by atoms with E-state index in [4.69, 9.17) is 0 Å². The van der Waals surface area contributed by atoms with Crippen molar-refractivity contribution >= 4 is 11.7 Å². The van der Waals surface area contributed by atoms with Crippen LogP contribution in [0.15, 0.2) is 57.9 Å². The van der Waals surface area contributed by atoms with Crippen molar-refractivity contribution in [2.45, 2.75) is 86.0 Å². The van der Waals surface area contributed by atoms with Crippen molar-refractivity contribution in [3.05, 3.63) is 57.9 Å². The van der Waals surface area contributed by atoms with Gasteiger partial charge in [-0.05, 0) is 92.4 Å². The molecule has 1 amide bonds. The molecule has 1 aliphatic heterocycles. The van der Waals surface area contributed by atoms with E-state index in [0.29, 0.717) is 17.4 Å². The summed E-state index contributed by atoms with van der Waals surface area (Å²) < 4.78 is 0. The Morgan fingerprint density at radius 3 is 2.42 bits per heavy atom. The van der Waals surface area contributed by atoms with Gasteiger partial charge in [0.25, 0.3) is 0 Å². The molecule has 2 saturated carbocycles. The standard InChI is InChI=1S/C32H41NO3/c1-20-21-8-9-26-31(4,23(21)18-25(34)27(20)35)11-10-22-24-19-30(3,28(36)33-16-6-7-17-33)13-12-29(24,2)14-15-32(22,26)5/h8-10,18,24,35H,6-7,11-17,19H2,1-5H3/t24-,29+,30+,31-,32-/m0/s1. The van der Waals surface area contributed by atoms with E-state index < -0.39 is 0 Å². The Morgan fingerprint density at radius 2 is 1.69 bits per heavy atom. The van der Waals surface area contributed by atoms with Gasteiger partial charge in [0.15, 0.2) is 5.76 Å². The monoisotopic (exact) mass is 487 g/mol. The van der Waals surface area contributed by atoms with Crippen molar-refractivity contribution in [1.82, 2.24) is 4.90 Å². The van der Waals surface area contributed by atoms with Gasteiger partial charge in [0.2, 0.25) is 11.7 Å². The van der Waals surface area contributed by atoms with Gasteiger partial charge in [-0.1, -0.05) is 51.5 Å². The molecule has 6 aliphatic rings. The number of allylic oxidation sites excluding steroid dienone is 9. The molecule has 4 nitrogen and oxygen atoms in total. The molecule has 0 unspecified atom stereocenters. The van der Waals surface area contributed by atoms with Crippen LogP contribution in [0.3, 0.4) is 0 Å². The molecular weight excluding hydrogens is 446 g/mol. The number of ketones is 1. The number of fused-ring (bicyclic) bond motifs is 7. The third-order valence-electron chi connectivity index (χ3n) is 11.4. The summed E-state index contributed by atoms with van der Waals surface area (Å²) in [5, 5.41) is 10.3. The van der Waals surface area contributed by atoms with Crippen molar-refractivity contribution < 1.29 is 14.7 Å². The number of hydrogen-bond donors (Lipinski definition) is 1. The normalized spacial score (nSPS) is 41.9. The Morgan fingerprint density at radius 1 is 1.00 bits per heavy atom. The molecule has 5 aliphatic carbocycles. The van der Waals surface area contributed by atoms with Crippen LogP contribution >= 0.6 is 0 Å². The molecule has 0 aromatic rings. The Labute approximate surface area is 215 Å². The van der Waals surface area contributed by atoms with Crippen LogP contribution in [0, 0.1) is 27.6 Å². The number of rotatable bonds is 1. The predicted octanol–water partition coefficient (Wildman–Crippen LogP) is 6.77. The average molecular weight is 488 g/mol. The summed E-state index contributed by atoms with van der Waals surface area (Å²) in [7, 11) is 0. The SMILES string of the molecule is CC1=C(O)C(=O)C=C2C1=CC=C1[C@@]2(C)CC=C2[C@@H]3C[C@](C)(C(=O)N4CCCC4)CC[C@]3(C)CC[C@@]21C. The fraction of sp³-hybridized carbons (Fsp3) is 0.625. The Bertz CT molecular complexity index is 1220. The molecule has 3 fully saturated rings. The molecule has 0 aromatic carbocycles. The number of carbonyl (C=O) groups excluding carboxylic acids is 2. The summed E-state index contributed by atoms with van der Waals surface area (Å²) in [5.74, 6) is 0.390. The van der Waals surface area contributed by atoms with Crippen molar-refractivity contribution in [2.24, 2.45) is 27.6 Å². The van der Waals surface area contributed by atoms with Crippen LogP contribution in [0.4, 0.5) is 0 Å². The number of nitrogens with zero attached hydrogens (tertiary/aromatic N) is 1. The number of hydrogen-bond acceptors (Lipinski definition) is 3. The van der Waals surface area contributed by atoms with Crippen LogP contribution in [0.25, 0.3) is 0 Å². The Balaban J connectivity index is 1.41. The number of carbonyl (C=O) groups is 2. The highest BCUT2D eigenvalue weighted by molar-refractivity contribution is 6.06. The van der Waals surface area contributed by atoms with Crippen LogP contribution in [0.1, 0.15) is 86.0 Å². The molecule has 192 valence electrons. The minimum atomic E-state index is -0.278. The highest BCUT2D eigenvalue weighted by Crippen LogP contribution is 2.69. The lowest BCUT2D eigenvalue weighted by molar-refractivity contribution is -0.146. The van der Waals surface area contributed by atoms with E-state index in [0.717, 1.165) is 69.2 Å². The van der Waals surface area contributed by atoms with Crippen molar-refractivity contribution in [1.29, 1.82) is 0 Å². The lowest BCUT2D eigenvalue weighted by Crippen LogP contribution is -2.54. The van der Waals surface area contributed by atoms with E-state index >= 15 is 0 Å². The minimum absolute atomic E-state index is 0.0743. The van der Waals surface area contributed by atoms with Gasteiger partial charge < -0.3 is 10.0 Å². The van der Waals surface area contributed by atoms with Gasteiger partial charge in [-0.3, -0.25) is 9.59 Å². The fourth-order valence-electron chi connectivity index (χ4n) is 8.82. The van der Waals surface area contributed by atoms with Gasteiger partial charge >= 0.3 is 0 Å². The third kappa shape index (κ3) is 3.05. The van der Waals surface area contributed by atoms with Crippen LogP contribution in [-0.2, 0) is 9.59 Å². The second-order valence-electron chi connectivity index (χ2n) is 13.6. The molecule has 0 radical (unpaired) electrons. The van der Waals surface area contributed by atoms with E-state index in [9.17, 15) is 14.7 Å². The van der Waals surface area contributed by atoms with E-state index in [1.807, 2.05) is 6.92 Å². The molecule has 1 heterocycles. The second kappa shape index (κ2) is 7.58. The maximum Gasteiger partial charge on any atom is 0.228 e. The maximum absolute atomic E-state index is 13.7. The van der Waals surface area contributed by atoms with Gasteiger partial charge in [-0.2, -0.15) is 0 Å². The lowest BCUT2D eigenvalue weighted by atomic mass is 9.43. The first kappa shape index (κ1) is 24.0. The number of likely N-dealkylation sites (tertiary alicyclic amines) is 1. The Hall–Kier alpha value is -2.36. The zero-order chi connectivity index (χ0) is 25.7. The first-order valence-corrected chi connectivity index (χ1v) is 14.0. The van der Waals surface area contributed by atoms with Crippen molar-refractivity contribution in [2.75, 3.05) is 13.1 Å². The quantitative estimate of drug-likeness (QED) is 0.416. The molecule has 36 heavy (non-hydrogen) atoms. The summed E-state index contributed by atoms with van der Waals surface area (Å²) in [5.41, 5.74) is 5.33. The first-order chi connectivity index (χ1) is 16.9. The summed E-state index contributed by atoms with van der Waals surface area (Å²) in [6.07, 6.45) is 17.1. The topological polar surface area (TPSA) is 57.6 Å². The Kier molecular flexibility index (Phi) is 5.06. The first-order valence-electron chi connectivity index (χ1n) is 14.0. The van der Waals surface area contributed by atoms with Gasteiger partial charge in [0.1, 0.15) is 0 Å². The fourth-order valence-corrected chi connectivity index (χ4v) is 8.82. The van der Waals surface area contributed by atoms with Gasteiger partial charge in [0, 0.05) is 34.9 Å². The van der Waals surface area contributed by atoms with Crippen molar-refractivity contribution in [3.8, 4) is 0 Å². The second-order valence-corrected chi connectivity index (χ2v) is 13.6. The molecule has 0 spiro atoms. The number of amides is 1. The van der Waals surface area contributed by atoms with E-state index in [1.54, 1.807) is 6.08 Å². The van der Waals surface area contributed by atoms with Crippen LogP contribution in [0.2, 0.25) is 0 Å². The molecule has 4 heteroatoms. The number of aliphatic hydroxyl groups is 1. The zero-order valence-corrected chi connectivity index (χ0v) is 22.7. The smallest absolute Gasteiger partial charge is 0.228 e. The third-order valence-corrected chi connectivity index (χ3v) is 11.4. The van der Waals surface area contributed by atoms with Crippen molar-refractivity contribution in [3.63, 3.8) is 0 Å². The summed E-state index contributed by atoms with van der Waals surface area (Å²) in [6.45, 7) is 13.1. The summed E-state index contributed by atoms with van der Waals surface area (Å²) in [4.78, 5) is 28.4. The van der Waals surface area contributed by atoms with E-state index in [1.165, 1.54) is 17.6 Å². The molecule has 0 aromatic heterocycles. The molecule has 1 N–H and O–H groups in total. The molecule has 1 saturated heterocycles. The molecule has 5 atom stereocenters. The predicted molar refractivity (Wildman–Crippen MR) is 142 cm³/mol. The summed E-state index contributed by atoms with van der Waals surface area (Å²) >= 11 is 0. The van der Waals surface area contributed by atoms with E-state index in [-0.39, 0.29) is 33.2 Å². The van der Waals surface area contributed by atoms with Crippen LogP contribution in [-0.4, -0.2) is 34.8 Å². The molecule has 6 rings (SSSR count). The van der Waals surface area contributed by atoms with Crippen LogP contribution in [0.5, 0.6) is 0 Å². The van der Waals surface area contributed by atoms with Crippen LogP contribution < -0.4 is 0 Å². The van der Waals surface area contributed by atoms with Gasteiger partial charge in [-0.25, -0.2) is 0 Å². The molecular formula is C32H41NO3. The maximum atomic E-state index is 13.7. The molecule has 0 bridgehead atoms. The minimum Gasteiger partial charge on any atom is -0.504 e. The average Bonchev–Trinajstić information content (AvgIpc) is 3.38. The lowest BCUT2D eigenvalue weighted by Gasteiger charge is -2.61. The van der Waals surface area contributed by atoms with Gasteiger partial charge in [0.05, 0.1) is 0 Å². The highest BCUT2D eigenvalue weighted by Gasteiger charge is 2.59. The van der Waals surface area contributed by atoms with Gasteiger partial charge in [-0.15, -0.1) is 0 Å². The zero-order valence-electron chi connectivity index (χ0n) is 22.7. The largest absolute Gasteiger partial charge is 0.504 e. The van der Waals surface area contributed by atoms with E-state index in [2.05, 4.69) is 50.8 Å². The number of aliphatic hydroxyl groups excluding tert-OH is 1. The highest BCUT2D eigenvalue weighted by atomic mass is 16.3.